The predicted octanol–water partition coefficient (Wildman–Crippen LogP) is 2.39. The monoisotopic (exact) mass is 247 g/mol. The molecule has 3 nitrogen and oxygen atoms in total. The smallest absolute Gasteiger partial charge is 0.161 e. The maximum Gasteiger partial charge on any atom is 0.161 e. The highest BCUT2D eigenvalue weighted by atomic mass is 16.6. The van der Waals surface area contributed by atoms with Gasteiger partial charge in [-0.2, -0.15) is 0 Å². The molecule has 18 heavy (non-hydrogen) atoms. The topological polar surface area (TPSA) is 30.5 Å². The van der Waals surface area contributed by atoms with Gasteiger partial charge < -0.3 is 14.8 Å². The first-order valence-electron chi connectivity index (χ1n) is 6.92. The van der Waals surface area contributed by atoms with Gasteiger partial charge in [-0.25, -0.2) is 0 Å². The molecule has 0 radical (unpaired) electrons. The van der Waals surface area contributed by atoms with Crippen LogP contribution < -0.4 is 14.8 Å². The molecule has 3 heteroatoms. The number of hydrogen-bond acceptors (Lipinski definition) is 3. The summed E-state index contributed by atoms with van der Waals surface area (Å²) in [5, 5.41) is 3.44. The van der Waals surface area contributed by atoms with Crippen molar-refractivity contribution in [1.29, 1.82) is 0 Å². The fraction of sp³-hybridized carbons (Fsp3) is 0.600. The summed E-state index contributed by atoms with van der Waals surface area (Å²) < 4.78 is 11.2. The second kappa shape index (κ2) is 5.19. The Morgan fingerprint density at radius 2 is 2.00 bits per heavy atom. The van der Waals surface area contributed by atoms with E-state index < -0.39 is 0 Å². The molecule has 1 heterocycles. The van der Waals surface area contributed by atoms with Crippen molar-refractivity contribution in [2.24, 2.45) is 5.92 Å². The summed E-state index contributed by atoms with van der Waals surface area (Å²) in [6.45, 7) is 1.33. The molecule has 1 aromatic rings. The number of benzene rings is 1. The van der Waals surface area contributed by atoms with Crippen LogP contribution in [0.15, 0.2) is 18.2 Å². The average molecular weight is 247 g/mol. The van der Waals surface area contributed by atoms with Crippen molar-refractivity contribution < 1.29 is 9.47 Å². The van der Waals surface area contributed by atoms with Gasteiger partial charge in [0.05, 0.1) is 0 Å². The first kappa shape index (κ1) is 11.8. The van der Waals surface area contributed by atoms with Crippen molar-refractivity contribution >= 4 is 0 Å². The van der Waals surface area contributed by atoms with Crippen molar-refractivity contribution in [3.8, 4) is 11.5 Å². The van der Waals surface area contributed by atoms with Crippen LogP contribution in [0.4, 0.5) is 0 Å². The zero-order chi connectivity index (χ0) is 12.4. The molecule has 3 rings (SSSR count). The maximum absolute atomic E-state index is 5.62. The van der Waals surface area contributed by atoms with E-state index in [0.717, 1.165) is 23.8 Å². The molecule has 0 saturated heterocycles. The summed E-state index contributed by atoms with van der Waals surface area (Å²) in [6.07, 6.45) is 5.11. The summed E-state index contributed by atoms with van der Waals surface area (Å²) in [4.78, 5) is 0. The normalized spacial score (nSPS) is 19.6. The molecular weight excluding hydrogens is 226 g/mol. The van der Waals surface area contributed by atoms with Crippen LogP contribution in [-0.4, -0.2) is 26.3 Å². The lowest BCUT2D eigenvalue weighted by Crippen LogP contribution is -2.27. The third kappa shape index (κ3) is 2.61. The lowest BCUT2D eigenvalue weighted by molar-refractivity contribution is 0.171. The van der Waals surface area contributed by atoms with Gasteiger partial charge in [0, 0.05) is 6.04 Å². The summed E-state index contributed by atoms with van der Waals surface area (Å²) in [6, 6.07) is 7.01. The Bertz CT molecular complexity index is 415. The fourth-order valence-electron chi connectivity index (χ4n) is 2.68. The molecule has 1 aliphatic carbocycles. The van der Waals surface area contributed by atoms with Gasteiger partial charge in [-0.05, 0) is 56.3 Å². The molecule has 1 atom stereocenters. The lowest BCUT2D eigenvalue weighted by Gasteiger charge is -2.19. The van der Waals surface area contributed by atoms with E-state index in [0.29, 0.717) is 19.3 Å². The molecule has 1 N–H and O–H groups in total. The molecule has 0 aromatic heterocycles. The highest BCUT2D eigenvalue weighted by molar-refractivity contribution is 5.43. The van der Waals surface area contributed by atoms with Crippen LogP contribution >= 0.6 is 0 Å². The second-order valence-electron chi connectivity index (χ2n) is 5.25. The maximum atomic E-state index is 5.62. The molecular formula is C15H21NO2. The van der Waals surface area contributed by atoms with E-state index >= 15 is 0 Å². The average Bonchev–Trinajstić information content (AvgIpc) is 3.24. The summed E-state index contributed by atoms with van der Waals surface area (Å²) in [7, 11) is 2.08. The minimum atomic E-state index is 0.663. The van der Waals surface area contributed by atoms with Crippen molar-refractivity contribution in [2.75, 3.05) is 20.3 Å². The van der Waals surface area contributed by atoms with Crippen molar-refractivity contribution in [3.63, 3.8) is 0 Å². The van der Waals surface area contributed by atoms with Gasteiger partial charge in [0.2, 0.25) is 0 Å². The summed E-state index contributed by atoms with van der Waals surface area (Å²) in [5.74, 6) is 2.70. The predicted molar refractivity (Wildman–Crippen MR) is 71.3 cm³/mol. The van der Waals surface area contributed by atoms with Crippen molar-refractivity contribution in [2.45, 2.75) is 31.7 Å². The SMILES string of the molecule is CNC(CCc1ccc2c(c1)OCCO2)C1CC1. The standard InChI is InChI=1S/C15H21NO2/c1-16-13(12-4-5-12)6-2-11-3-7-14-15(10-11)18-9-8-17-14/h3,7,10,12-13,16H,2,4-6,8-9H2,1H3. The Hall–Kier alpha value is -1.22. The van der Waals surface area contributed by atoms with Gasteiger partial charge >= 0.3 is 0 Å². The van der Waals surface area contributed by atoms with E-state index in [9.17, 15) is 0 Å². The Balaban J connectivity index is 1.61. The van der Waals surface area contributed by atoms with Crippen LogP contribution in [0.5, 0.6) is 11.5 Å². The largest absolute Gasteiger partial charge is 0.486 e. The molecule has 0 bridgehead atoms. The molecule has 2 aliphatic rings. The van der Waals surface area contributed by atoms with Gasteiger partial charge in [-0.1, -0.05) is 6.07 Å². The van der Waals surface area contributed by atoms with E-state index in [1.165, 1.54) is 24.8 Å². The third-order valence-corrected chi connectivity index (χ3v) is 3.91. The van der Waals surface area contributed by atoms with E-state index in [2.05, 4.69) is 24.5 Å². The van der Waals surface area contributed by atoms with Crippen molar-refractivity contribution in [1.82, 2.24) is 5.32 Å². The van der Waals surface area contributed by atoms with Gasteiger partial charge in [-0.15, -0.1) is 0 Å². The molecule has 1 aromatic carbocycles. The molecule has 1 aliphatic heterocycles. The zero-order valence-electron chi connectivity index (χ0n) is 10.9. The number of rotatable bonds is 5. The highest BCUT2D eigenvalue weighted by Gasteiger charge is 2.29. The number of nitrogens with one attached hydrogen (secondary N) is 1. The molecule has 98 valence electrons. The Morgan fingerprint density at radius 1 is 1.22 bits per heavy atom. The number of fused-ring (bicyclic) bond motifs is 1. The molecule has 1 saturated carbocycles. The Kier molecular flexibility index (Phi) is 3.41. The van der Waals surface area contributed by atoms with Gasteiger partial charge in [0.1, 0.15) is 13.2 Å². The van der Waals surface area contributed by atoms with Crippen LogP contribution in [0.3, 0.4) is 0 Å². The summed E-state index contributed by atoms with van der Waals surface area (Å²) in [5.41, 5.74) is 1.35. The van der Waals surface area contributed by atoms with E-state index in [4.69, 9.17) is 9.47 Å². The fourth-order valence-corrected chi connectivity index (χ4v) is 2.68. The van der Waals surface area contributed by atoms with Crippen LogP contribution in [0.2, 0.25) is 0 Å². The van der Waals surface area contributed by atoms with Crippen molar-refractivity contribution in [3.05, 3.63) is 23.8 Å². The number of hydrogen-bond donors (Lipinski definition) is 1. The van der Waals surface area contributed by atoms with Crippen LogP contribution in [0, 0.1) is 5.92 Å². The second-order valence-corrected chi connectivity index (χ2v) is 5.25. The Labute approximate surface area is 108 Å². The lowest BCUT2D eigenvalue weighted by atomic mass is 10.0. The summed E-state index contributed by atoms with van der Waals surface area (Å²) >= 11 is 0. The van der Waals surface area contributed by atoms with E-state index in [1.807, 2.05) is 6.07 Å². The third-order valence-electron chi connectivity index (χ3n) is 3.91. The van der Waals surface area contributed by atoms with Crippen LogP contribution in [-0.2, 0) is 6.42 Å². The van der Waals surface area contributed by atoms with E-state index in [-0.39, 0.29) is 0 Å². The highest BCUT2D eigenvalue weighted by Crippen LogP contribution is 2.35. The number of ether oxygens (including phenoxy) is 2. The van der Waals surface area contributed by atoms with Crippen LogP contribution in [0.25, 0.3) is 0 Å². The molecule has 1 fully saturated rings. The Morgan fingerprint density at radius 3 is 2.72 bits per heavy atom. The zero-order valence-corrected chi connectivity index (χ0v) is 10.9. The molecule has 0 spiro atoms. The van der Waals surface area contributed by atoms with E-state index in [1.54, 1.807) is 0 Å². The van der Waals surface area contributed by atoms with Gasteiger partial charge in [0.25, 0.3) is 0 Å². The molecule has 0 amide bonds. The minimum Gasteiger partial charge on any atom is -0.486 e. The van der Waals surface area contributed by atoms with Gasteiger partial charge in [0.15, 0.2) is 11.5 Å². The minimum absolute atomic E-state index is 0.663. The first-order valence-corrected chi connectivity index (χ1v) is 6.92. The quantitative estimate of drug-likeness (QED) is 0.866. The van der Waals surface area contributed by atoms with Crippen LogP contribution in [0.1, 0.15) is 24.8 Å². The molecule has 1 unspecified atom stereocenters. The first-order chi connectivity index (χ1) is 8.86. The van der Waals surface area contributed by atoms with Gasteiger partial charge in [-0.3, -0.25) is 0 Å². The number of aryl methyl sites for hydroxylation is 1.